The molecule has 21 heavy (non-hydrogen) atoms. The zero-order valence-corrected chi connectivity index (χ0v) is 12.3. The van der Waals surface area contributed by atoms with Crippen LogP contribution in [0.25, 0.3) is 0 Å². The predicted molar refractivity (Wildman–Crippen MR) is 81.3 cm³/mol. The molecule has 1 aromatic carbocycles. The summed E-state index contributed by atoms with van der Waals surface area (Å²) in [6.45, 7) is 2.95. The summed E-state index contributed by atoms with van der Waals surface area (Å²) in [5, 5.41) is 8.93. The molecule has 4 nitrogen and oxygen atoms in total. The van der Waals surface area contributed by atoms with Crippen molar-refractivity contribution < 1.29 is 14.6 Å². The number of aliphatic hydroxyl groups excluding tert-OH is 1. The van der Waals surface area contributed by atoms with Crippen molar-refractivity contribution in [2.24, 2.45) is 0 Å². The van der Waals surface area contributed by atoms with Crippen LogP contribution in [-0.4, -0.2) is 28.9 Å². The molecular formula is C17H21NO3. The summed E-state index contributed by atoms with van der Waals surface area (Å²) >= 11 is 0. The van der Waals surface area contributed by atoms with Gasteiger partial charge in [-0.15, -0.1) is 0 Å². The third-order valence-corrected chi connectivity index (χ3v) is 3.26. The van der Waals surface area contributed by atoms with Crippen molar-refractivity contribution in [3.63, 3.8) is 0 Å². The van der Waals surface area contributed by atoms with Crippen molar-refractivity contribution in [1.29, 1.82) is 0 Å². The van der Waals surface area contributed by atoms with Gasteiger partial charge in [-0.3, -0.25) is 0 Å². The normalized spacial score (nSPS) is 10.6. The molecule has 0 saturated heterocycles. The van der Waals surface area contributed by atoms with Gasteiger partial charge in [0.05, 0.1) is 6.61 Å². The Hall–Kier alpha value is -2.07. The van der Waals surface area contributed by atoms with Crippen molar-refractivity contribution in [2.75, 3.05) is 13.2 Å². The number of esters is 1. The number of aromatic nitrogens is 1. The van der Waals surface area contributed by atoms with E-state index in [1.165, 1.54) is 0 Å². The Bertz CT molecular complexity index is 575. The Morgan fingerprint density at radius 1 is 1.24 bits per heavy atom. The molecule has 2 aromatic rings. The van der Waals surface area contributed by atoms with Crippen LogP contribution in [0.15, 0.2) is 42.6 Å². The quantitative estimate of drug-likeness (QED) is 0.796. The fraction of sp³-hybridized carbons (Fsp3) is 0.353. The van der Waals surface area contributed by atoms with Gasteiger partial charge < -0.3 is 14.4 Å². The molecule has 0 aliphatic rings. The highest BCUT2D eigenvalue weighted by molar-refractivity contribution is 5.88. The van der Waals surface area contributed by atoms with Gasteiger partial charge in [0.25, 0.3) is 0 Å². The minimum Gasteiger partial charge on any atom is -0.461 e. The highest BCUT2D eigenvalue weighted by Gasteiger charge is 2.15. The second-order valence-electron chi connectivity index (χ2n) is 4.89. The fourth-order valence-corrected chi connectivity index (χ4v) is 2.28. The van der Waals surface area contributed by atoms with E-state index < -0.39 is 0 Å². The molecular weight excluding hydrogens is 266 g/mol. The van der Waals surface area contributed by atoms with Crippen LogP contribution in [0, 0.1) is 0 Å². The smallest absolute Gasteiger partial charge is 0.354 e. The number of hydrogen-bond donors (Lipinski definition) is 1. The SMILES string of the molecule is CCOC(=O)c1cc(CCCO)cn1Cc1ccccc1. The molecule has 0 unspecified atom stereocenters. The van der Waals surface area contributed by atoms with Crippen LogP contribution in [-0.2, 0) is 17.7 Å². The van der Waals surface area contributed by atoms with Gasteiger partial charge >= 0.3 is 5.97 Å². The first kappa shape index (κ1) is 15.3. The molecule has 1 N–H and O–H groups in total. The van der Waals surface area contributed by atoms with Crippen molar-refractivity contribution in [3.05, 3.63) is 59.4 Å². The molecule has 0 saturated carbocycles. The molecule has 0 aliphatic carbocycles. The lowest BCUT2D eigenvalue weighted by Gasteiger charge is -2.08. The lowest BCUT2D eigenvalue weighted by atomic mass is 10.2. The number of carbonyl (C=O) groups excluding carboxylic acids is 1. The number of carbonyl (C=O) groups is 1. The highest BCUT2D eigenvalue weighted by Crippen LogP contribution is 2.15. The third-order valence-electron chi connectivity index (χ3n) is 3.26. The van der Waals surface area contributed by atoms with E-state index in [1.54, 1.807) is 6.92 Å². The second-order valence-corrected chi connectivity index (χ2v) is 4.89. The maximum absolute atomic E-state index is 12.1. The number of hydrogen-bond acceptors (Lipinski definition) is 3. The standard InChI is InChI=1S/C17H21NO3/c1-2-21-17(20)16-11-15(9-6-10-19)13-18(16)12-14-7-4-3-5-8-14/h3-5,7-8,11,13,19H,2,6,9-10,12H2,1H3. The summed E-state index contributed by atoms with van der Waals surface area (Å²) in [5.41, 5.74) is 2.74. The van der Waals surface area contributed by atoms with Crippen molar-refractivity contribution in [2.45, 2.75) is 26.3 Å². The van der Waals surface area contributed by atoms with Crippen molar-refractivity contribution >= 4 is 5.97 Å². The van der Waals surface area contributed by atoms with Crippen molar-refractivity contribution in [1.82, 2.24) is 4.57 Å². The number of aliphatic hydroxyl groups is 1. The molecule has 1 aromatic heterocycles. The molecule has 0 bridgehead atoms. The van der Waals surface area contributed by atoms with Crippen LogP contribution in [0.4, 0.5) is 0 Å². The van der Waals surface area contributed by atoms with E-state index in [0.717, 1.165) is 17.5 Å². The summed E-state index contributed by atoms with van der Waals surface area (Å²) in [5.74, 6) is -0.302. The first-order valence-electron chi connectivity index (χ1n) is 7.25. The fourth-order valence-electron chi connectivity index (χ4n) is 2.28. The molecule has 112 valence electrons. The maximum Gasteiger partial charge on any atom is 0.354 e. The molecule has 0 spiro atoms. The molecule has 0 radical (unpaired) electrons. The van der Waals surface area contributed by atoms with E-state index in [0.29, 0.717) is 25.3 Å². The van der Waals surface area contributed by atoms with Crippen LogP contribution in [0.2, 0.25) is 0 Å². The minimum atomic E-state index is -0.302. The molecule has 0 aliphatic heterocycles. The molecule has 1 heterocycles. The molecule has 0 amide bonds. The Labute approximate surface area is 125 Å². The van der Waals surface area contributed by atoms with Crippen LogP contribution in [0.5, 0.6) is 0 Å². The zero-order valence-electron chi connectivity index (χ0n) is 12.3. The van der Waals surface area contributed by atoms with Crippen LogP contribution in [0.1, 0.15) is 35.0 Å². The predicted octanol–water partition coefficient (Wildman–Crippen LogP) is 2.64. The first-order chi connectivity index (χ1) is 10.2. The van der Waals surface area contributed by atoms with Crippen LogP contribution in [0.3, 0.4) is 0 Å². The Kier molecular flexibility index (Phi) is 5.58. The van der Waals surface area contributed by atoms with Crippen LogP contribution < -0.4 is 0 Å². The summed E-state index contributed by atoms with van der Waals surface area (Å²) in [6, 6.07) is 11.9. The molecule has 0 atom stereocenters. The summed E-state index contributed by atoms with van der Waals surface area (Å²) < 4.78 is 7.03. The van der Waals surface area contributed by atoms with Gasteiger partial charge in [-0.05, 0) is 37.0 Å². The van der Waals surface area contributed by atoms with Gasteiger partial charge in [-0.1, -0.05) is 30.3 Å². The van der Waals surface area contributed by atoms with E-state index in [4.69, 9.17) is 9.84 Å². The van der Waals surface area contributed by atoms with E-state index in [9.17, 15) is 4.79 Å². The Morgan fingerprint density at radius 3 is 2.67 bits per heavy atom. The molecule has 2 rings (SSSR count). The lowest BCUT2D eigenvalue weighted by molar-refractivity contribution is 0.0514. The molecule has 0 fully saturated rings. The highest BCUT2D eigenvalue weighted by atomic mass is 16.5. The number of nitrogens with zero attached hydrogens (tertiary/aromatic N) is 1. The van der Waals surface area contributed by atoms with E-state index in [-0.39, 0.29) is 12.6 Å². The Balaban J connectivity index is 2.23. The van der Waals surface area contributed by atoms with Gasteiger partial charge in [0.15, 0.2) is 0 Å². The van der Waals surface area contributed by atoms with E-state index >= 15 is 0 Å². The Morgan fingerprint density at radius 2 is 2.00 bits per heavy atom. The van der Waals surface area contributed by atoms with E-state index in [1.807, 2.05) is 47.2 Å². The average molecular weight is 287 g/mol. The van der Waals surface area contributed by atoms with Gasteiger partial charge in [0.2, 0.25) is 0 Å². The van der Waals surface area contributed by atoms with Crippen LogP contribution >= 0.6 is 0 Å². The number of ether oxygens (including phenoxy) is 1. The van der Waals surface area contributed by atoms with Gasteiger partial charge in [0, 0.05) is 19.3 Å². The van der Waals surface area contributed by atoms with Gasteiger partial charge in [-0.2, -0.15) is 0 Å². The maximum atomic E-state index is 12.1. The number of benzene rings is 1. The number of aryl methyl sites for hydroxylation is 1. The second kappa shape index (κ2) is 7.64. The van der Waals surface area contributed by atoms with Gasteiger partial charge in [-0.25, -0.2) is 4.79 Å². The molecule has 4 heteroatoms. The number of rotatable bonds is 7. The summed E-state index contributed by atoms with van der Waals surface area (Å²) in [4.78, 5) is 12.1. The topological polar surface area (TPSA) is 51.5 Å². The van der Waals surface area contributed by atoms with Crippen molar-refractivity contribution in [3.8, 4) is 0 Å². The monoisotopic (exact) mass is 287 g/mol. The first-order valence-corrected chi connectivity index (χ1v) is 7.25. The third kappa shape index (κ3) is 4.20. The summed E-state index contributed by atoms with van der Waals surface area (Å²) in [7, 11) is 0. The minimum absolute atomic E-state index is 0.151. The average Bonchev–Trinajstić information content (AvgIpc) is 2.89. The van der Waals surface area contributed by atoms with Gasteiger partial charge in [0.1, 0.15) is 5.69 Å². The zero-order chi connectivity index (χ0) is 15.1. The van der Waals surface area contributed by atoms with E-state index in [2.05, 4.69) is 0 Å². The summed E-state index contributed by atoms with van der Waals surface area (Å²) in [6.07, 6.45) is 3.41. The largest absolute Gasteiger partial charge is 0.461 e. The lowest BCUT2D eigenvalue weighted by Crippen LogP contribution is -2.12.